The van der Waals surface area contributed by atoms with Crippen LogP contribution in [0.1, 0.15) is 63.8 Å². The third kappa shape index (κ3) is 6.13. The molecule has 48 heavy (non-hydrogen) atoms. The number of hydrogen-bond acceptors (Lipinski definition) is 3. The minimum absolute atomic E-state index is 0. The summed E-state index contributed by atoms with van der Waals surface area (Å²) < 4.78 is 10.4. The van der Waals surface area contributed by atoms with Crippen LogP contribution in [0.25, 0.3) is 44.4 Å². The molecule has 6 heteroatoms. The molecule has 244 valence electrons. The van der Waals surface area contributed by atoms with Gasteiger partial charge in [-0.2, -0.15) is 17.2 Å². The van der Waals surface area contributed by atoms with Gasteiger partial charge in [-0.1, -0.05) is 77.4 Å². The van der Waals surface area contributed by atoms with E-state index in [-0.39, 0.29) is 31.9 Å². The Morgan fingerprint density at radius 3 is 2.27 bits per heavy atom. The molecule has 7 rings (SSSR count). The van der Waals surface area contributed by atoms with Crippen LogP contribution in [-0.4, -0.2) is 19.3 Å². The van der Waals surface area contributed by atoms with Crippen molar-refractivity contribution in [2.75, 3.05) is 0 Å². The van der Waals surface area contributed by atoms with E-state index in [9.17, 15) is 0 Å². The molecule has 0 aliphatic carbocycles. The predicted molar refractivity (Wildman–Crippen MR) is 192 cm³/mol. The van der Waals surface area contributed by atoms with Gasteiger partial charge >= 0.3 is 21.1 Å². The van der Waals surface area contributed by atoms with E-state index in [2.05, 4.69) is 127 Å². The average molecular weight is 812 g/mol. The van der Waals surface area contributed by atoms with Gasteiger partial charge in [0.05, 0.1) is 6.20 Å². The van der Waals surface area contributed by atoms with Gasteiger partial charge in [0.25, 0.3) is 0 Å². The van der Waals surface area contributed by atoms with Gasteiger partial charge in [-0.05, 0) is 81.8 Å². The second-order valence-electron chi connectivity index (χ2n) is 14.5. The van der Waals surface area contributed by atoms with Crippen molar-refractivity contribution in [1.29, 1.82) is 0 Å². The first-order chi connectivity index (χ1) is 22.4. The van der Waals surface area contributed by atoms with E-state index in [1.807, 2.05) is 47.4 Å². The summed E-state index contributed by atoms with van der Waals surface area (Å²) in [7, 11) is 0. The zero-order valence-corrected chi connectivity index (χ0v) is 31.0. The standard InChI is InChI=1S/C42H40N4O.Pt/c1-27-20-21-43-38(22-27)46-36-15-10-9-14-33(36)34-18-17-32(24-37(34)46)47-31-13-11-12-30(23-31)45-26-29(25-44-45)39-35(41(3,4)5)19-16-28(2)40(39)42(6,7)8;/h9-22,25-26H,1-8H3;/q-2;+2. The summed E-state index contributed by atoms with van der Waals surface area (Å²) in [5, 5.41) is 7.06. The maximum absolute atomic E-state index is 6.41. The number of rotatable bonds is 5. The molecule has 4 aromatic carbocycles. The number of fused-ring (bicyclic) bond motifs is 3. The minimum Gasteiger partial charge on any atom is -0.509 e. The Labute approximate surface area is 297 Å². The summed E-state index contributed by atoms with van der Waals surface area (Å²) in [5.41, 5.74) is 10.2. The smallest absolute Gasteiger partial charge is 0.509 e. The molecule has 5 nitrogen and oxygen atoms in total. The predicted octanol–water partition coefficient (Wildman–Crippen LogP) is 10.6. The summed E-state index contributed by atoms with van der Waals surface area (Å²) in [6.45, 7) is 18.0. The Bertz CT molecular complexity index is 2280. The van der Waals surface area contributed by atoms with Crippen molar-refractivity contribution in [2.24, 2.45) is 0 Å². The van der Waals surface area contributed by atoms with Crippen molar-refractivity contribution in [2.45, 2.75) is 66.2 Å². The fourth-order valence-corrected chi connectivity index (χ4v) is 6.74. The molecule has 0 fully saturated rings. The first-order valence-electron chi connectivity index (χ1n) is 16.2. The van der Waals surface area contributed by atoms with Gasteiger partial charge in [-0.3, -0.25) is 4.68 Å². The van der Waals surface area contributed by atoms with Gasteiger partial charge in [0.15, 0.2) is 0 Å². The molecule has 0 N–H and O–H groups in total. The second-order valence-corrected chi connectivity index (χ2v) is 14.5. The zero-order valence-electron chi connectivity index (χ0n) is 28.8. The number of hydrogen-bond donors (Lipinski definition) is 0. The fourth-order valence-electron chi connectivity index (χ4n) is 6.74. The van der Waals surface area contributed by atoms with E-state index in [0.717, 1.165) is 44.4 Å². The van der Waals surface area contributed by atoms with Gasteiger partial charge in [-0.15, -0.1) is 35.7 Å². The number of para-hydroxylation sites is 1. The number of aromatic nitrogens is 4. The summed E-state index contributed by atoms with van der Waals surface area (Å²) >= 11 is 0. The van der Waals surface area contributed by atoms with E-state index in [1.165, 1.54) is 22.3 Å². The van der Waals surface area contributed by atoms with Crippen LogP contribution in [0.2, 0.25) is 0 Å². The van der Waals surface area contributed by atoms with Crippen LogP contribution >= 0.6 is 0 Å². The zero-order chi connectivity index (χ0) is 33.1. The summed E-state index contributed by atoms with van der Waals surface area (Å²) in [6, 6.07) is 34.0. The van der Waals surface area contributed by atoms with Crippen LogP contribution in [0.3, 0.4) is 0 Å². The monoisotopic (exact) mass is 811 g/mol. The average Bonchev–Trinajstić information content (AvgIpc) is 3.63. The largest absolute Gasteiger partial charge is 2.00 e. The molecule has 0 aliphatic heterocycles. The first kappa shape index (κ1) is 33.4. The van der Waals surface area contributed by atoms with Crippen LogP contribution < -0.4 is 4.74 Å². The molecule has 0 saturated carbocycles. The molecule has 0 unspecified atom stereocenters. The van der Waals surface area contributed by atoms with Gasteiger partial charge in [-0.25, -0.2) is 4.98 Å². The van der Waals surface area contributed by atoms with Crippen molar-refractivity contribution in [1.82, 2.24) is 19.3 Å². The molecular weight excluding hydrogens is 772 g/mol. The number of ether oxygens (including phenoxy) is 1. The third-order valence-corrected chi connectivity index (χ3v) is 8.75. The summed E-state index contributed by atoms with van der Waals surface area (Å²) in [6.07, 6.45) is 5.93. The Balaban J connectivity index is 0.00000401. The van der Waals surface area contributed by atoms with Crippen molar-refractivity contribution >= 4 is 21.8 Å². The topological polar surface area (TPSA) is 44.9 Å². The van der Waals surface area contributed by atoms with Crippen LogP contribution in [0, 0.1) is 26.0 Å². The molecule has 3 heterocycles. The van der Waals surface area contributed by atoms with Crippen LogP contribution in [0.15, 0.2) is 97.5 Å². The summed E-state index contributed by atoms with van der Waals surface area (Å²) in [5.74, 6) is 2.05. The van der Waals surface area contributed by atoms with Crippen LogP contribution in [0.4, 0.5) is 0 Å². The van der Waals surface area contributed by atoms with Gasteiger partial charge in [0, 0.05) is 35.0 Å². The van der Waals surface area contributed by atoms with E-state index >= 15 is 0 Å². The molecule has 0 atom stereocenters. The molecule has 0 spiro atoms. The normalized spacial score (nSPS) is 12.0. The molecule has 0 bridgehead atoms. The molecule has 3 aromatic heterocycles. The van der Waals surface area contributed by atoms with Gasteiger partial charge < -0.3 is 9.30 Å². The molecule has 7 aromatic rings. The van der Waals surface area contributed by atoms with Crippen molar-refractivity contribution in [3.8, 4) is 34.1 Å². The van der Waals surface area contributed by atoms with Gasteiger partial charge in [0.2, 0.25) is 0 Å². The number of pyridine rings is 1. The molecule has 0 saturated heterocycles. The van der Waals surface area contributed by atoms with Crippen molar-refractivity contribution in [3.63, 3.8) is 0 Å². The molecule has 0 aliphatic rings. The van der Waals surface area contributed by atoms with Gasteiger partial charge in [0.1, 0.15) is 5.82 Å². The van der Waals surface area contributed by atoms with E-state index in [4.69, 9.17) is 14.8 Å². The fraction of sp³-hybridized carbons (Fsp3) is 0.238. The van der Waals surface area contributed by atoms with Crippen molar-refractivity contribution in [3.05, 3.63) is 132 Å². The number of benzene rings is 4. The Kier molecular flexibility index (Phi) is 8.72. The Morgan fingerprint density at radius 1 is 0.750 bits per heavy atom. The maximum Gasteiger partial charge on any atom is 2.00 e. The van der Waals surface area contributed by atoms with E-state index in [1.54, 1.807) is 0 Å². The van der Waals surface area contributed by atoms with E-state index in [0.29, 0.717) is 11.5 Å². The molecular formula is C42H40N4OPt. The maximum atomic E-state index is 6.41. The minimum atomic E-state index is -0.0264. The van der Waals surface area contributed by atoms with E-state index < -0.39 is 0 Å². The Morgan fingerprint density at radius 2 is 1.52 bits per heavy atom. The summed E-state index contributed by atoms with van der Waals surface area (Å²) in [4.78, 5) is 4.69. The third-order valence-electron chi connectivity index (χ3n) is 8.75. The van der Waals surface area contributed by atoms with Crippen LogP contribution in [-0.2, 0) is 31.9 Å². The quantitative estimate of drug-likeness (QED) is 0.163. The van der Waals surface area contributed by atoms with Crippen molar-refractivity contribution < 1.29 is 25.8 Å². The second kappa shape index (κ2) is 12.5. The number of nitrogens with zero attached hydrogens (tertiary/aromatic N) is 4. The van der Waals surface area contributed by atoms with Crippen LogP contribution in [0.5, 0.6) is 11.5 Å². The Hall–Kier alpha value is -4.47. The molecule has 0 amide bonds. The number of aryl methyl sites for hydroxylation is 2. The molecule has 0 radical (unpaired) electrons. The first-order valence-corrected chi connectivity index (χ1v) is 16.2. The SMILES string of the molecule is Cc1ccnc(-n2c3[c-]c(Oc4[c-]c(-n5cc(-c6c(C(C)(C)C)ccc(C)c6C(C)(C)C)cn5)ccc4)ccc3c3ccccc32)c1.[Pt+2].